The zero-order chi connectivity index (χ0) is 8.55. The van der Waals surface area contributed by atoms with Crippen LogP contribution in [0.15, 0.2) is 24.3 Å². The molecule has 0 radical (unpaired) electrons. The fraction of sp³-hybridized carbons (Fsp3) is 0.300. The molecule has 1 aromatic carbocycles. The van der Waals surface area contributed by atoms with E-state index in [0.717, 1.165) is 12.0 Å². The summed E-state index contributed by atoms with van der Waals surface area (Å²) in [7, 11) is 0. The number of ether oxygens (including phenoxy) is 1. The minimum atomic E-state index is -0.200. The van der Waals surface area contributed by atoms with Crippen LogP contribution in [0.25, 0.3) is 0 Å². The summed E-state index contributed by atoms with van der Waals surface area (Å²) in [6, 6.07) is 8.04. The molecule has 0 spiro atoms. The van der Waals surface area contributed by atoms with Crippen molar-refractivity contribution in [2.45, 2.75) is 19.4 Å². The molecule has 12 heavy (non-hydrogen) atoms. The Kier molecular flexibility index (Phi) is 1.61. The van der Waals surface area contributed by atoms with Crippen LogP contribution >= 0.6 is 0 Å². The lowest BCUT2D eigenvalue weighted by Crippen LogP contribution is -2.21. The van der Waals surface area contributed by atoms with Crippen molar-refractivity contribution in [3.8, 4) is 0 Å². The number of hydrogen-bond donors (Lipinski definition) is 0. The van der Waals surface area contributed by atoms with Gasteiger partial charge in [0.2, 0.25) is 0 Å². The number of hydrogen-bond acceptors (Lipinski definition) is 2. The molecule has 1 aliphatic rings. The maximum absolute atomic E-state index is 10.6. The van der Waals surface area contributed by atoms with Crippen LogP contribution in [0.4, 0.5) is 0 Å². The van der Waals surface area contributed by atoms with Gasteiger partial charge in [-0.15, -0.1) is 0 Å². The first kappa shape index (κ1) is 7.35. The van der Waals surface area contributed by atoms with Crippen LogP contribution in [-0.2, 0) is 16.0 Å². The molecule has 0 fully saturated rings. The molecule has 1 unspecified atom stereocenters. The Labute approximate surface area is 71.2 Å². The molecular weight excluding hydrogens is 152 g/mol. The van der Waals surface area contributed by atoms with Gasteiger partial charge in [0, 0.05) is 13.3 Å². The Hall–Kier alpha value is -1.31. The second kappa shape index (κ2) is 2.63. The SMILES string of the molecule is CC(=O)OC1Cc2ccccc21. The number of fused-ring (bicyclic) bond motifs is 1. The normalized spacial score (nSPS) is 19.2. The molecule has 1 aliphatic carbocycles. The van der Waals surface area contributed by atoms with Gasteiger partial charge in [0.25, 0.3) is 0 Å². The van der Waals surface area contributed by atoms with Crippen molar-refractivity contribution in [3.05, 3.63) is 35.4 Å². The molecule has 1 aromatic rings. The van der Waals surface area contributed by atoms with Gasteiger partial charge in [0.15, 0.2) is 0 Å². The third-order valence-electron chi connectivity index (χ3n) is 2.12. The van der Waals surface area contributed by atoms with Gasteiger partial charge >= 0.3 is 5.97 Å². The third kappa shape index (κ3) is 1.09. The fourth-order valence-corrected chi connectivity index (χ4v) is 1.52. The molecule has 0 heterocycles. The molecule has 0 saturated heterocycles. The fourth-order valence-electron chi connectivity index (χ4n) is 1.52. The van der Waals surface area contributed by atoms with E-state index in [2.05, 4.69) is 6.07 Å². The molecule has 2 nitrogen and oxygen atoms in total. The highest BCUT2D eigenvalue weighted by Gasteiger charge is 2.27. The van der Waals surface area contributed by atoms with E-state index in [1.54, 1.807) is 0 Å². The highest BCUT2D eigenvalue weighted by atomic mass is 16.5. The van der Waals surface area contributed by atoms with Crippen molar-refractivity contribution in [1.29, 1.82) is 0 Å². The molecule has 0 saturated carbocycles. The van der Waals surface area contributed by atoms with Crippen LogP contribution in [0, 0.1) is 0 Å². The second-order valence-electron chi connectivity index (χ2n) is 3.00. The van der Waals surface area contributed by atoms with E-state index >= 15 is 0 Å². The van der Waals surface area contributed by atoms with Gasteiger partial charge < -0.3 is 4.74 Å². The van der Waals surface area contributed by atoms with Gasteiger partial charge in [0.1, 0.15) is 6.10 Å². The number of benzene rings is 1. The van der Waals surface area contributed by atoms with E-state index < -0.39 is 0 Å². The summed E-state index contributed by atoms with van der Waals surface area (Å²) in [5, 5.41) is 0. The zero-order valence-electron chi connectivity index (χ0n) is 6.91. The predicted octanol–water partition coefficient (Wildman–Crippen LogP) is 1.85. The lowest BCUT2D eigenvalue weighted by Gasteiger charge is -2.28. The van der Waals surface area contributed by atoms with Crippen molar-refractivity contribution in [2.75, 3.05) is 0 Å². The Morgan fingerprint density at radius 3 is 2.92 bits per heavy atom. The van der Waals surface area contributed by atoms with E-state index in [1.807, 2.05) is 18.2 Å². The minimum absolute atomic E-state index is 0.0127. The third-order valence-corrected chi connectivity index (χ3v) is 2.12. The number of carbonyl (C=O) groups excluding carboxylic acids is 1. The number of rotatable bonds is 1. The summed E-state index contributed by atoms with van der Waals surface area (Å²) >= 11 is 0. The average Bonchev–Trinajstić information content (AvgIpc) is 2.00. The smallest absolute Gasteiger partial charge is 0.303 e. The van der Waals surface area contributed by atoms with Gasteiger partial charge in [0.05, 0.1) is 0 Å². The summed E-state index contributed by atoms with van der Waals surface area (Å²) < 4.78 is 5.07. The van der Waals surface area contributed by atoms with Gasteiger partial charge in [-0.05, 0) is 11.1 Å². The first-order chi connectivity index (χ1) is 5.77. The monoisotopic (exact) mass is 162 g/mol. The van der Waals surface area contributed by atoms with Crippen LogP contribution in [0.1, 0.15) is 24.2 Å². The second-order valence-corrected chi connectivity index (χ2v) is 3.00. The van der Waals surface area contributed by atoms with E-state index in [-0.39, 0.29) is 12.1 Å². The van der Waals surface area contributed by atoms with E-state index in [1.165, 1.54) is 12.5 Å². The summed E-state index contributed by atoms with van der Waals surface area (Å²) in [6.07, 6.45) is 0.883. The van der Waals surface area contributed by atoms with Crippen LogP contribution in [-0.4, -0.2) is 5.97 Å². The van der Waals surface area contributed by atoms with Crippen LogP contribution < -0.4 is 0 Å². The van der Waals surface area contributed by atoms with E-state index in [0.29, 0.717) is 0 Å². The molecule has 2 rings (SSSR count). The number of carbonyl (C=O) groups is 1. The largest absolute Gasteiger partial charge is 0.457 e. The summed E-state index contributed by atoms with van der Waals surface area (Å²) in [5.74, 6) is -0.200. The molecule has 0 aromatic heterocycles. The maximum Gasteiger partial charge on any atom is 0.303 e. The van der Waals surface area contributed by atoms with Crippen LogP contribution in [0.2, 0.25) is 0 Å². The van der Waals surface area contributed by atoms with Crippen molar-refractivity contribution in [1.82, 2.24) is 0 Å². The number of esters is 1. The van der Waals surface area contributed by atoms with Crippen molar-refractivity contribution in [3.63, 3.8) is 0 Å². The lowest BCUT2D eigenvalue weighted by molar-refractivity contribution is -0.147. The Bertz CT molecular complexity index is 317. The zero-order valence-corrected chi connectivity index (χ0v) is 6.91. The highest BCUT2D eigenvalue weighted by molar-refractivity contribution is 5.67. The topological polar surface area (TPSA) is 26.3 Å². The van der Waals surface area contributed by atoms with Crippen molar-refractivity contribution < 1.29 is 9.53 Å². The minimum Gasteiger partial charge on any atom is -0.457 e. The molecule has 2 heteroatoms. The lowest BCUT2D eigenvalue weighted by atomic mass is 9.85. The molecule has 0 aliphatic heterocycles. The molecular formula is C10H10O2. The maximum atomic E-state index is 10.6. The van der Waals surface area contributed by atoms with Gasteiger partial charge in [-0.1, -0.05) is 24.3 Å². The Morgan fingerprint density at radius 2 is 2.25 bits per heavy atom. The van der Waals surface area contributed by atoms with Gasteiger partial charge in [-0.3, -0.25) is 4.79 Å². The summed E-state index contributed by atoms with van der Waals surface area (Å²) in [6.45, 7) is 1.45. The van der Waals surface area contributed by atoms with Crippen LogP contribution in [0.5, 0.6) is 0 Å². The quantitative estimate of drug-likeness (QED) is 0.589. The average molecular weight is 162 g/mol. The molecule has 0 amide bonds. The molecule has 0 bridgehead atoms. The first-order valence-electron chi connectivity index (χ1n) is 4.02. The molecule has 0 N–H and O–H groups in total. The predicted molar refractivity (Wildman–Crippen MR) is 44.7 cm³/mol. The highest BCUT2D eigenvalue weighted by Crippen LogP contribution is 2.35. The Balaban J connectivity index is 2.15. The van der Waals surface area contributed by atoms with E-state index in [4.69, 9.17) is 4.74 Å². The van der Waals surface area contributed by atoms with Crippen molar-refractivity contribution >= 4 is 5.97 Å². The summed E-state index contributed by atoms with van der Waals surface area (Å²) in [4.78, 5) is 10.6. The standard InChI is InChI=1S/C10H10O2/c1-7(11)12-10-6-8-4-2-3-5-9(8)10/h2-5,10H,6H2,1H3. The first-order valence-corrected chi connectivity index (χ1v) is 4.02. The molecule has 62 valence electrons. The van der Waals surface area contributed by atoms with Crippen molar-refractivity contribution in [2.24, 2.45) is 0 Å². The van der Waals surface area contributed by atoms with Gasteiger partial charge in [-0.25, -0.2) is 0 Å². The molecule has 1 atom stereocenters. The summed E-state index contributed by atoms with van der Waals surface area (Å²) in [5.41, 5.74) is 2.46. The van der Waals surface area contributed by atoms with Gasteiger partial charge in [-0.2, -0.15) is 0 Å². The van der Waals surface area contributed by atoms with Crippen LogP contribution in [0.3, 0.4) is 0 Å². The van der Waals surface area contributed by atoms with E-state index in [9.17, 15) is 4.79 Å². The Morgan fingerprint density at radius 1 is 1.50 bits per heavy atom.